The molecule has 0 bridgehead atoms. The summed E-state index contributed by atoms with van der Waals surface area (Å²) in [6, 6.07) is 13.3. The van der Waals surface area contributed by atoms with Crippen LogP contribution in [0, 0.1) is 6.92 Å². The standard InChI is InChI=1S/C18H15BrN2O2S/c1-12-4-2-3-5-15(12)23-10-13-8-16(24-11-13)18(22)21-17-7-6-14(19)9-20-17/h2-9,11H,10H2,1H3,(H,20,21,22). The van der Waals surface area contributed by atoms with Gasteiger partial charge in [-0.1, -0.05) is 18.2 Å². The largest absolute Gasteiger partial charge is 0.489 e. The predicted molar refractivity (Wildman–Crippen MR) is 99.7 cm³/mol. The lowest BCUT2D eigenvalue weighted by molar-refractivity contribution is 0.103. The second-order valence-electron chi connectivity index (χ2n) is 5.19. The molecule has 24 heavy (non-hydrogen) atoms. The number of anilines is 1. The van der Waals surface area contributed by atoms with Crippen LogP contribution in [-0.4, -0.2) is 10.9 Å². The third-order valence-electron chi connectivity index (χ3n) is 3.33. The lowest BCUT2D eigenvalue weighted by atomic mass is 10.2. The van der Waals surface area contributed by atoms with E-state index in [9.17, 15) is 4.79 Å². The molecule has 0 aliphatic heterocycles. The quantitative estimate of drug-likeness (QED) is 0.649. The average molecular weight is 403 g/mol. The molecule has 1 N–H and O–H groups in total. The number of hydrogen-bond donors (Lipinski definition) is 1. The zero-order valence-corrected chi connectivity index (χ0v) is 15.4. The minimum atomic E-state index is -0.169. The summed E-state index contributed by atoms with van der Waals surface area (Å²) in [6.07, 6.45) is 1.64. The van der Waals surface area contributed by atoms with Crippen LogP contribution in [0.15, 0.2) is 58.5 Å². The van der Waals surface area contributed by atoms with Gasteiger partial charge in [-0.3, -0.25) is 4.79 Å². The number of hydrogen-bond acceptors (Lipinski definition) is 4. The van der Waals surface area contributed by atoms with Gasteiger partial charge in [0.15, 0.2) is 0 Å². The van der Waals surface area contributed by atoms with E-state index in [1.807, 2.05) is 48.7 Å². The van der Waals surface area contributed by atoms with E-state index in [1.165, 1.54) is 11.3 Å². The van der Waals surface area contributed by atoms with Gasteiger partial charge < -0.3 is 10.1 Å². The minimum absolute atomic E-state index is 0.169. The fraction of sp³-hybridized carbons (Fsp3) is 0.111. The van der Waals surface area contributed by atoms with Crippen molar-refractivity contribution < 1.29 is 9.53 Å². The highest BCUT2D eigenvalue weighted by molar-refractivity contribution is 9.10. The first-order valence-electron chi connectivity index (χ1n) is 7.30. The van der Waals surface area contributed by atoms with Crippen LogP contribution in [0.2, 0.25) is 0 Å². The molecule has 0 fully saturated rings. The Morgan fingerprint density at radius 1 is 1.29 bits per heavy atom. The highest BCUT2D eigenvalue weighted by Crippen LogP contribution is 2.21. The number of nitrogens with one attached hydrogen (secondary N) is 1. The van der Waals surface area contributed by atoms with E-state index < -0.39 is 0 Å². The van der Waals surface area contributed by atoms with Gasteiger partial charge in [0.1, 0.15) is 18.2 Å². The minimum Gasteiger partial charge on any atom is -0.489 e. The summed E-state index contributed by atoms with van der Waals surface area (Å²) in [5.74, 6) is 1.21. The number of ether oxygens (including phenoxy) is 1. The number of carbonyl (C=O) groups excluding carboxylic acids is 1. The number of aromatic nitrogens is 1. The zero-order valence-electron chi connectivity index (χ0n) is 13.0. The monoisotopic (exact) mass is 402 g/mol. The van der Waals surface area contributed by atoms with Gasteiger partial charge in [0.05, 0.1) is 4.88 Å². The molecule has 6 heteroatoms. The first-order valence-corrected chi connectivity index (χ1v) is 8.98. The molecule has 122 valence electrons. The number of amides is 1. The van der Waals surface area contributed by atoms with Gasteiger partial charge in [-0.2, -0.15) is 0 Å². The van der Waals surface area contributed by atoms with Crippen LogP contribution in [0.1, 0.15) is 20.8 Å². The molecule has 0 aliphatic carbocycles. The SMILES string of the molecule is Cc1ccccc1OCc1csc(C(=O)Nc2ccc(Br)cn2)c1. The van der Waals surface area contributed by atoms with E-state index in [0.29, 0.717) is 17.3 Å². The van der Waals surface area contributed by atoms with Crippen LogP contribution < -0.4 is 10.1 Å². The van der Waals surface area contributed by atoms with E-state index in [1.54, 1.807) is 12.3 Å². The molecule has 0 atom stereocenters. The lowest BCUT2D eigenvalue weighted by Crippen LogP contribution is -2.11. The van der Waals surface area contributed by atoms with Crippen molar-refractivity contribution >= 4 is 39.0 Å². The lowest BCUT2D eigenvalue weighted by Gasteiger charge is -2.07. The molecular weight excluding hydrogens is 388 g/mol. The van der Waals surface area contributed by atoms with Gasteiger partial charge in [0, 0.05) is 16.2 Å². The molecule has 1 amide bonds. The molecule has 2 aromatic heterocycles. The third kappa shape index (κ3) is 4.21. The number of para-hydroxylation sites is 1. The average Bonchev–Trinajstić information content (AvgIpc) is 3.05. The normalized spacial score (nSPS) is 10.4. The Morgan fingerprint density at radius 2 is 2.12 bits per heavy atom. The van der Waals surface area contributed by atoms with Crippen LogP contribution in [0.25, 0.3) is 0 Å². The number of nitrogens with zero attached hydrogens (tertiary/aromatic N) is 1. The summed E-state index contributed by atoms with van der Waals surface area (Å²) in [4.78, 5) is 17.0. The van der Waals surface area contributed by atoms with E-state index in [2.05, 4.69) is 26.2 Å². The fourth-order valence-corrected chi connectivity index (χ4v) is 3.10. The summed E-state index contributed by atoms with van der Waals surface area (Å²) in [5, 5.41) is 4.71. The van der Waals surface area contributed by atoms with Gasteiger partial charge in [-0.25, -0.2) is 4.98 Å². The van der Waals surface area contributed by atoms with Crippen LogP contribution in [0.4, 0.5) is 5.82 Å². The van der Waals surface area contributed by atoms with Crippen molar-refractivity contribution in [3.05, 3.63) is 74.5 Å². The molecule has 3 rings (SSSR count). The van der Waals surface area contributed by atoms with Crippen molar-refractivity contribution in [3.8, 4) is 5.75 Å². The maximum absolute atomic E-state index is 12.2. The molecule has 0 radical (unpaired) electrons. The third-order valence-corrected chi connectivity index (χ3v) is 4.78. The molecular formula is C18H15BrN2O2S. The molecule has 0 saturated heterocycles. The number of halogens is 1. The van der Waals surface area contributed by atoms with E-state index in [4.69, 9.17) is 4.74 Å². The Balaban J connectivity index is 1.61. The maximum Gasteiger partial charge on any atom is 0.266 e. The Labute approximate surface area is 152 Å². The van der Waals surface area contributed by atoms with Crippen molar-refractivity contribution in [2.24, 2.45) is 0 Å². The maximum atomic E-state index is 12.2. The fourth-order valence-electron chi connectivity index (χ4n) is 2.08. The number of benzene rings is 1. The molecule has 2 heterocycles. The van der Waals surface area contributed by atoms with Crippen molar-refractivity contribution in [3.63, 3.8) is 0 Å². The highest BCUT2D eigenvalue weighted by Gasteiger charge is 2.11. The number of rotatable bonds is 5. The van der Waals surface area contributed by atoms with Gasteiger partial charge in [0.25, 0.3) is 5.91 Å². The Hall–Kier alpha value is -2.18. The summed E-state index contributed by atoms with van der Waals surface area (Å²) in [5.41, 5.74) is 2.06. The topological polar surface area (TPSA) is 51.2 Å². The van der Waals surface area contributed by atoms with Crippen LogP contribution in [-0.2, 0) is 6.61 Å². The van der Waals surface area contributed by atoms with Gasteiger partial charge >= 0.3 is 0 Å². The summed E-state index contributed by atoms with van der Waals surface area (Å²) >= 11 is 4.70. The summed E-state index contributed by atoms with van der Waals surface area (Å²) < 4.78 is 6.67. The molecule has 3 aromatic rings. The Morgan fingerprint density at radius 3 is 2.88 bits per heavy atom. The van der Waals surface area contributed by atoms with Crippen LogP contribution >= 0.6 is 27.3 Å². The van der Waals surface area contributed by atoms with Crippen LogP contribution in [0.3, 0.4) is 0 Å². The summed E-state index contributed by atoms with van der Waals surface area (Å²) in [6.45, 7) is 2.44. The van der Waals surface area contributed by atoms with E-state index >= 15 is 0 Å². The van der Waals surface area contributed by atoms with Gasteiger partial charge in [0.2, 0.25) is 0 Å². The van der Waals surface area contributed by atoms with Crippen molar-refractivity contribution in [2.75, 3.05) is 5.32 Å². The number of carbonyl (C=O) groups is 1. The number of thiophene rings is 1. The Bertz CT molecular complexity index is 846. The number of pyridine rings is 1. The first-order chi connectivity index (χ1) is 11.6. The van der Waals surface area contributed by atoms with Crippen LogP contribution in [0.5, 0.6) is 5.75 Å². The molecule has 1 aromatic carbocycles. The van der Waals surface area contributed by atoms with E-state index in [-0.39, 0.29) is 5.91 Å². The van der Waals surface area contributed by atoms with Crippen molar-refractivity contribution in [1.29, 1.82) is 0 Å². The van der Waals surface area contributed by atoms with Crippen molar-refractivity contribution in [2.45, 2.75) is 13.5 Å². The van der Waals surface area contributed by atoms with Crippen molar-refractivity contribution in [1.82, 2.24) is 4.98 Å². The molecule has 4 nitrogen and oxygen atoms in total. The summed E-state index contributed by atoms with van der Waals surface area (Å²) in [7, 11) is 0. The second-order valence-corrected chi connectivity index (χ2v) is 7.02. The molecule has 0 saturated carbocycles. The van der Waals surface area contributed by atoms with Gasteiger partial charge in [-0.15, -0.1) is 11.3 Å². The van der Waals surface area contributed by atoms with E-state index in [0.717, 1.165) is 21.3 Å². The molecule has 0 aliphatic rings. The smallest absolute Gasteiger partial charge is 0.266 e. The first kappa shape index (κ1) is 16.7. The predicted octanol–water partition coefficient (Wildman–Crippen LogP) is 5.05. The zero-order chi connectivity index (χ0) is 16.9. The molecule has 0 unspecified atom stereocenters. The Kier molecular flexibility index (Phi) is 5.27. The number of aryl methyl sites for hydroxylation is 1. The second kappa shape index (κ2) is 7.59. The molecule has 0 spiro atoms. The van der Waals surface area contributed by atoms with Gasteiger partial charge in [-0.05, 0) is 58.1 Å². The highest BCUT2D eigenvalue weighted by atomic mass is 79.9.